The molecule has 0 spiro atoms. The number of nitrogens with zero attached hydrogens (tertiary/aromatic N) is 1. The van der Waals surface area contributed by atoms with Gasteiger partial charge in [-0.25, -0.2) is 4.90 Å². The first-order valence-corrected chi connectivity index (χ1v) is 5.43. The molecule has 1 aliphatic rings. The molecular weight excluding hydrogens is 247 g/mol. The Balaban J connectivity index is 2.50. The van der Waals surface area contributed by atoms with Crippen LogP contribution >= 0.6 is 0 Å². The lowest BCUT2D eigenvalue weighted by Gasteiger charge is -2.27. The number of alkyl halides is 3. The van der Waals surface area contributed by atoms with Gasteiger partial charge in [0, 0.05) is 12.8 Å². The minimum absolute atomic E-state index is 0.0952. The van der Waals surface area contributed by atoms with E-state index in [2.05, 4.69) is 0 Å². The number of hydrogen-bond acceptors (Lipinski definition) is 2. The summed E-state index contributed by atoms with van der Waals surface area (Å²) in [6, 6.07) is 4.61. The number of amides is 2. The number of carbonyl (C=O) groups excluding carboxylic acids is 2. The summed E-state index contributed by atoms with van der Waals surface area (Å²) in [6.07, 6.45) is -4.01. The highest BCUT2D eigenvalue weighted by molar-refractivity contribution is 6.16. The average molecular weight is 257 g/mol. The highest BCUT2D eigenvalue weighted by Crippen LogP contribution is 2.37. The molecular formula is C12H10F3NO2. The van der Waals surface area contributed by atoms with Crippen LogP contribution in [0.15, 0.2) is 24.3 Å². The van der Waals surface area contributed by atoms with Gasteiger partial charge in [-0.3, -0.25) is 9.59 Å². The maximum atomic E-state index is 12.8. The van der Waals surface area contributed by atoms with E-state index < -0.39 is 23.6 Å². The molecule has 0 atom stereocenters. The van der Waals surface area contributed by atoms with E-state index in [9.17, 15) is 22.8 Å². The van der Waals surface area contributed by atoms with Crippen molar-refractivity contribution in [1.29, 1.82) is 0 Å². The minimum Gasteiger partial charge on any atom is -0.274 e. The fourth-order valence-corrected chi connectivity index (χ4v) is 1.93. The smallest absolute Gasteiger partial charge is 0.274 e. The maximum Gasteiger partial charge on any atom is 0.418 e. The Morgan fingerprint density at radius 3 is 2.11 bits per heavy atom. The van der Waals surface area contributed by atoms with Gasteiger partial charge >= 0.3 is 6.18 Å². The lowest BCUT2D eigenvalue weighted by Crippen LogP contribution is -2.41. The molecule has 96 valence electrons. The summed E-state index contributed by atoms with van der Waals surface area (Å²) < 4.78 is 38.4. The molecule has 18 heavy (non-hydrogen) atoms. The van der Waals surface area contributed by atoms with E-state index in [0.29, 0.717) is 11.3 Å². The molecule has 1 aromatic carbocycles. The normalized spacial score (nSPS) is 17.2. The van der Waals surface area contributed by atoms with E-state index in [0.717, 1.165) is 12.1 Å². The standard InChI is InChI=1S/C12H10F3NO2/c13-12(14,15)8-4-1-2-5-9(8)16-10(17)6-3-7-11(16)18/h1-2,4-5H,3,6-7H2. The number of imide groups is 1. The first-order valence-electron chi connectivity index (χ1n) is 5.43. The quantitative estimate of drug-likeness (QED) is 0.725. The van der Waals surface area contributed by atoms with E-state index in [1.165, 1.54) is 12.1 Å². The Morgan fingerprint density at radius 1 is 1.00 bits per heavy atom. The number of benzene rings is 1. The van der Waals surface area contributed by atoms with Gasteiger partial charge in [-0.1, -0.05) is 12.1 Å². The molecule has 3 nitrogen and oxygen atoms in total. The van der Waals surface area contributed by atoms with Crippen molar-refractivity contribution < 1.29 is 22.8 Å². The fourth-order valence-electron chi connectivity index (χ4n) is 1.93. The Bertz CT molecular complexity index is 480. The van der Waals surface area contributed by atoms with Gasteiger partial charge in [0.05, 0.1) is 11.3 Å². The zero-order valence-corrected chi connectivity index (χ0v) is 9.33. The van der Waals surface area contributed by atoms with Crippen LogP contribution in [-0.4, -0.2) is 11.8 Å². The number of carbonyl (C=O) groups is 2. The van der Waals surface area contributed by atoms with E-state index in [-0.39, 0.29) is 18.5 Å². The highest BCUT2D eigenvalue weighted by atomic mass is 19.4. The molecule has 0 radical (unpaired) electrons. The third kappa shape index (κ3) is 2.23. The highest BCUT2D eigenvalue weighted by Gasteiger charge is 2.38. The Morgan fingerprint density at radius 2 is 1.56 bits per heavy atom. The largest absolute Gasteiger partial charge is 0.418 e. The fraction of sp³-hybridized carbons (Fsp3) is 0.333. The third-order valence-electron chi connectivity index (χ3n) is 2.73. The molecule has 6 heteroatoms. The summed E-state index contributed by atoms with van der Waals surface area (Å²) in [5.74, 6) is -1.16. The van der Waals surface area contributed by atoms with Gasteiger partial charge in [0.1, 0.15) is 0 Å². The molecule has 1 saturated heterocycles. The lowest BCUT2D eigenvalue weighted by molar-refractivity contribution is -0.137. The van der Waals surface area contributed by atoms with Crippen LogP contribution in [0.3, 0.4) is 0 Å². The average Bonchev–Trinajstić information content (AvgIpc) is 2.28. The van der Waals surface area contributed by atoms with E-state index in [1.807, 2.05) is 0 Å². The zero-order chi connectivity index (χ0) is 13.3. The van der Waals surface area contributed by atoms with Crippen molar-refractivity contribution in [3.8, 4) is 0 Å². The second-order valence-corrected chi connectivity index (χ2v) is 3.99. The maximum absolute atomic E-state index is 12.8. The number of rotatable bonds is 1. The molecule has 0 saturated carbocycles. The van der Waals surface area contributed by atoms with Crippen LogP contribution in [0.2, 0.25) is 0 Å². The molecule has 0 aromatic heterocycles. The van der Waals surface area contributed by atoms with Gasteiger partial charge in [-0.2, -0.15) is 13.2 Å². The number of anilines is 1. The molecule has 0 aliphatic carbocycles. The van der Waals surface area contributed by atoms with Crippen LogP contribution in [0.25, 0.3) is 0 Å². The molecule has 2 amide bonds. The number of para-hydroxylation sites is 1. The molecule has 2 rings (SSSR count). The van der Waals surface area contributed by atoms with Crippen LogP contribution < -0.4 is 4.90 Å². The summed E-state index contributed by atoms with van der Waals surface area (Å²) >= 11 is 0. The predicted molar refractivity (Wildman–Crippen MR) is 57.8 cm³/mol. The Hall–Kier alpha value is -1.85. The van der Waals surface area contributed by atoms with Crippen molar-refractivity contribution >= 4 is 17.5 Å². The minimum atomic E-state index is -4.59. The zero-order valence-electron chi connectivity index (χ0n) is 9.33. The van der Waals surface area contributed by atoms with Gasteiger partial charge in [0.25, 0.3) is 0 Å². The predicted octanol–water partition coefficient (Wildman–Crippen LogP) is 2.75. The summed E-state index contributed by atoms with van der Waals surface area (Å²) in [5, 5.41) is 0. The van der Waals surface area contributed by atoms with Crippen molar-refractivity contribution in [2.75, 3.05) is 4.90 Å². The molecule has 1 aromatic rings. The summed E-state index contributed by atoms with van der Waals surface area (Å²) in [6.45, 7) is 0. The molecule has 1 heterocycles. The van der Waals surface area contributed by atoms with Crippen molar-refractivity contribution in [1.82, 2.24) is 0 Å². The summed E-state index contributed by atoms with van der Waals surface area (Å²) in [7, 11) is 0. The second kappa shape index (κ2) is 4.44. The van der Waals surface area contributed by atoms with Gasteiger partial charge < -0.3 is 0 Å². The van der Waals surface area contributed by atoms with Crippen molar-refractivity contribution in [2.24, 2.45) is 0 Å². The third-order valence-corrected chi connectivity index (χ3v) is 2.73. The number of piperidine rings is 1. The first kappa shape index (κ1) is 12.6. The molecule has 0 unspecified atom stereocenters. The monoisotopic (exact) mass is 257 g/mol. The van der Waals surface area contributed by atoms with Gasteiger partial charge in [0.2, 0.25) is 11.8 Å². The SMILES string of the molecule is O=C1CCCC(=O)N1c1ccccc1C(F)(F)F. The summed E-state index contributed by atoms with van der Waals surface area (Å²) in [5.41, 5.74) is -1.34. The molecule has 0 N–H and O–H groups in total. The Kier molecular flexibility index (Phi) is 3.11. The first-order chi connectivity index (χ1) is 8.41. The van der Waals surface area contributed by atoms with Gasteiger partial charge in [0.15, 0.2) is 0 Å². The van der Waals surface area contributed by atoms with Crippen LogP contribution in [0.4, 0.5) is 18.9 Å². The van der Waals surface area contributed by atoms with E-state index in [1.54, 1.807) is 0 Å². The topological polar surface area (TPSA) is 37.4 Å². The van der Waals surface area contributed by atoms with Crippen molar-refractivity contribution in [3.63, 3.8) is 0 Å². The van der Waals surface area contributed by atoms with Crippen molar-refractivity contribution in [3.05, 3.63) is 29.8 Å². The van der Waals surface area contributed by atoms with Crippen LogP contribution in [-0.2, 0) is 15.8 Å². The van der Waals surface area contributed by atoms with Gasteiger partial charge in [-0.05, 0) is 18.6 Å². The Labute approximate surface area is 101 Å². The molecule has 1 aliphatic heterocycles. The lowest BCUT2D eigenvalue weighted by atomic mass is 10.1. The van der Waals surface area contributed by atoms with Crippen LogP contribution in [0.5, 0.6) is 0 Å². The summed E-state index contributed by atoms with van der Waals surface area (Å²) in [4.78, 5) is 23.9. The molecule has 1 fully saturated rings. The molecule has 0 bridgehead atoms. The van der Waals surface area contributed by atoms with Crippen molar-refractivity contribution in [2.45, 2.75) is 25.4 Å². The van der Waals surface area contributed by atoms with Gasteiger partial charge in [-0.15, -0.1) is 0 Å². The van der Waals surface area contributed by atoms with Crippen LogP contribution in [0, 0.1) is 0 Å². The van der Waals surface area contributed by atoms with E-state index >= 15 is 0 Å². The second-order valence-electron chi connectivity index (χ2n) is 3.99. The number of hydrogen-bond donors (Lipinski definition) is 0. The van der Waals surface area contributed by atoms with Crippen LogP contribution in [0.1, 0.15) is 24.8 Å². The van der Waals surface area contributed by atoms with E-state index in [4.69, 9.17) is 0 Å². The number of halogens is 3.